The zero-order valence-electron chi connectivity index (χ0n) is 10.2. The van der Waals surface area contributed by atoms with E-state index in [0.29, 0.717) is 0 Å². The number of carbonyl (C=O) groups excluding carboxylic acids is 1. The molecular weight excluding hydrogens is 210 g/mol. The second-order valence-corrected chi connectivity index (χ2v) is 4.28. The molecule has 0 rings (SSSR count). The summed E-state index contributed by atoms with van der Waals surface area (Å²) in [6, 6.07) is 0. The molecule has 0 spiro atoms. The second kappa shape index (κ2) is 6.27. The van der Waals surface area contributed by atoms with E-state index in [0.717, 1.165) is 5.57 Å². The molecule has 0 saturated heterocycles. The van der Waals surface area contributed by atoms with E-state index in [9.17, 15) is 9.59 Å². The Morgan fingerprint density at radius 2 is 2.00 bits per heavy atom. The maximum atomic E-state index is 11.5. The first-order chi connectivity index (χ1) is 7.29. The van der Waals surface area contributed by atoms with E-state index in [4.69, 9.17) is 9.84 Å². The Kier molecular flexibility index (Phi) is 5.74. The minimum Gasteiger partial charge on any atom is -0.481 e. The molecule has 0 aromatic rings. The number of nitrogens with one attached hydrogen (secondary N) is 1. The number of hydrogen-bond acceptors (Lipinski definition) is 3. The number of allylic oxidation sites excluding steroid dienone is 1. The van der Waals surface area contributed by atoms with E-state index in [1.807, 2.05) is 0 Å². The Hall–Kier alpha value is -1.36. The molecule has 0 fully saturated rings. The van der Waals surface area contributed by atoms with Crippen LogP contribution in [0.5, 0.6) is 0 Å². The molecule has 5 nitrogen and oxygen atoms in total. The maximum absolute atomic E-state index is 11.5. The first-order valence-electron chi connectivity index (χ1n) is 4.97. The normalized spacial score (nSPS) is 13.8. The van der Waals surface area contributed by atoms with Crippen molar-refractivity contribution in [1.29, 1.82) is 0 Å². The predicted molar refractivity (Wildman–Crippen MR) is 60.1 cm³/mol. The molecule has 0 aliphatic rings. The lowest BCUT2D eigenvalue weighted by Crippen LogP contribution is -2.50. The van der Waals surface area contributed by atoms with Crippen molar-refractivity contribution >= 4 is 11.9 Å². The van der Waals surface area contributed by atoms with Crippen molar-refractivity contribution in [2.24, 2.45) is 0 Å². The fourth-order valence-corrected chi connectivity index (χ4v) is 1.38. The van der Waals surface area contributed by atoms with E-state index in [1.165, 1.54) is 13.2 Å². The fraction of sp³-hybridized carbons (Fsp3) is 0.636. The zero-order chi connectivity index (χ0) is 12.8. The number of carboxylic acid groups (broad SMARTS) is 1. The Labute approximate surface area is 95.5 Å². The van der Waals surface area contributed by atoms with Gasteiger partial charge in [0.2, 0.25) is 5.91 Å². The highest BCUT2D eigenvalue weighted by Gasteiger charge is 2.28. The highest BCUT2D eigenvalue weighted by atomic mass is 16.5. The van der Waals surface area contributed by atoms with Gasteiger partial charge in [0.1, 0.15) is 0 Å². The first-order valence-corrected chi connectivity index (χ1v) is 4.97. The van der Waals surface area contributed by atoms with Gasteiger partial charge in [-0.3, -0.25) is 9.59 Å². The van der Waals surface area contributed by atoms with Crippen molar-refractivity contribution in [3.8, 4) is 0 Å². The van der Waals surface area contributed by atoms with Crippen LogP contribution in [0.15, 0.2) is 11.6 Å². The van der Waals surface area contributed by atoms with E-state index >= 15 is 0 Å². The van der Waals surface area contributed by atoms with Gasteiger partial charge in [-0.25, -0.2) is 0 Å². The number of carboxylic acids is 1. The van der Waals surface area contributed by atoms with Crippen molar-refractivity contribution in [3.05, 3.63) is 11.6 Å². The number of methoxy groups -OCH3 is 1. The highest BCUT2D eigenvalue weighted by molar-refractivity contribution is 5.89. The van der Waals surface area contributed by atoms with Gasteiger partial charge in [0.15, 0.2) is 0 Å². The summed E-state index contributed by atoms with van der Waals surface area (Å²) < 4.78 is 4.91. The molecule has 0 bridgehead atoms. The van der Waals surface area contributed by atoms with E-state index in [-0.39, 0.29) is 18.9 Å². The number of ether oxygens (including phenoxy) is 1. The summed E-state index contributed by atoms with van der Waals surface area (Å²) in [5.41, 5.74) is -0.0310. The van der Waals surface area contributed by atoms with Gasteiger partial charge in [0, 0.05) is 13.2 Å². The molecule has 1 amide bonds. The average Bonchev–Trinajstić information content (AvgIpc) is 1.98. The monoisotopic (exact) mass is 229 g/mol. The van der Waals surface area contributed by atoms with Gasteiger partial charge in [-0.1, -0.05) is 5.57 Å². The van der Waals surface area contributed by atoms with Crippen LogP contribution >= 0.6 is 0 Å². The van der Waals surface area contributed by atoms with E-state index < -0.39 is 11.5 Å². The van der Waals surface area contributed by atoms with Gasteiger partial charge in [0.05, 0.1) is 18.6 Å². The molecule has 0 aliphatic heterocycles. The standard InChI is InChI=1S/C11H19NO4/c1-8(2)5-9(13)12-11(3,7-16-4)6-10(14)15/h5H,6-7H2,1-4H3,(H,12,13)(H,14,15). The summed E-state index contributed by atoms with van der Waals surface area (Å²) in [5.74, 6) is -1.28. The summed E-state index contributed by atoms with van der Waals surface area (Å²) in [6.07, 6.45) is 1.25. The van der Waals surface area contributed by atoms with E-state index in [2.05, 4.69) is 5.32 Å². The Morgan fingerprint density at radius 1 is 1.44 bits per heavy atom. The highest BCUT2D eigenvalue weighted by Crippen LogP contribution is 2.10. The third-order valence-corrected chi connectivity index (χ3v) is 1.85. The first kappa shape index (κ1) is 14.6. The number of aliphatic carboxylic acids is 1. The number of amides is 1. The summed E-state index contributed by atoms with van der Waals surface area (Å²) in [4.78, 5) is 22.2. The molecule has 2 N–H and O–H groups in total. The molecule has 92 valence electrons. The third kappa shape index (κ3) is 6.19. The van der Waals surface area contributed by atoms with Crippen molar-refractivity contribution in [3.63, 3.8) is 0 Å². The molecule has 0 radical (unpaired) electrons. The van der Waals surface area contributed by atoms with E-state index in [1.54, 1.807) is 20.8 Å². The van der Waals surface area contributed by atoms with Gasteiger partial charge < -0.3 is 15.2 Å². The molecule has 5 heteroatoms. The van der Waals surface area contributed by atoms with Crippen LogP contribution in [0.2, 0.25) is 0 Å². The SMILES string of the molecule is COCC(C)(CC(=O)O)NC(=O)C=C(C)C. The van der Waals surface area contributed by atoms with Crippen molar-refractivity contribution in [2.75, 3.05) is 13.7 Å². The number of hydrogen-bond donors (Lipinski definition) is 2. The number of carbonyl (C=O) groups is 2. The third-order valence-electron chi connectivity index (χ3n) is 1.85. The van der Waals surface area contributed by atoms with Gasteiger partial charge in [-0.05, 0) is 20.8 Å². The molecular formula is C11H19NO4. The molecule has 1 unspecified atom stereocenters. The molecule has 0 aliphatic carbocycles. The molecule has 1 atom stereocenters. The van der Waals surface area contributed by atoms with Crippen LogP contribution in [-0.4, -0.2) is 36.2 Å². The average molecular weight is 229 g/mol. The Morgan fingerprint density at radius 3 is 2.38 bits per heavy atom. The lowest BCUT2D eigenvalue weighted by Gasteiger charge is -2.27. The van der Waals surface area contributed by atoms with Gasteiger partial charge >= 0.3 is 5.97 Å². The minimum absolute atomic E-state index is 0.154. The van der Waals surface area contributed by atoms with Crippen LogP contribution in [0.25, 0.3) is 0 Å². The molecule has 0 saturated carbocycles. The van der Waals surface area contributed by atoms with Gasteiger partial charge in [0.25, 0.3) is 0 Å². The lowest BCUT2D eigenvalue weighted by molar-refractivity contribution is -0.139. The molecule has 0 aromatic carbocycles. The summed E-state index contributed by atoms with van der Waals surface area (Å²) in [5, 5.41) is 11.4. The quantitative estimate of drug-likeness (QED) is 0.665. The predicted octanol–water partition coefficient (Wildman–Crippen LogP) is 0.949. The fourth-order valence-electron chi connectivity index (χ4n) is 1.38. The van der Waals surface area contributed by atoms with Crippen molar-refractivity contribution < 1.29 is 19.4 Å². The summed E-state index contributed by atoms with van der Waals surface area (Å²) in [7, 11) is 1.47. The molecule has 16 heavy (non-hydrogen) atoms. The van der Waals surface area contributed by atoms with Gasteiger partial charge in [-0.15, -0.1) is 0 Å². The van der Waals surface area contributed by atoms with Crippen LogP contribution in [0.3, 0.4) is 0 Å². The van der Waals surface area contributed by atoms with Crippen molar-refractivity contribution in [2.45, 2.75) is 32.7 Å². The topological polar surface area (TPSA) is 75.6 Å². The zero-order valence-corrected chi connectivity index (χ0v) is 10.2. The number of rotatable bonds is 6. The lowest BCUT2D eigenvalue weighted by atomic mass is 9.99. The smallest absolute Gasteiger partial charge is 0.305 e. The van der Waals surface area contributed by atoms with Crippen molar-refractivity contribution in [1.82, 2.24) is 5.32 Å². The summed E-state index contributed by atoms with van der Waals surface area (Å²) in [6.45, 7) is 5.39. The largest absolute Gasteiger partial charge is 0.481 e. The maximum Gasteiger partial charge on any atom is 0.305 e. The Balaban J connectivity index is 4.60. The van der Waals surface area contributed by atoms with Crippen LogP contribution in [-0.2, 0) is 14.3 Å². The second-order valence-electron chi connectivity index (χ2n) is 4.28. The van der Waals surface area contributed by atoms with Gasteiger partial charge in [-0.2, -0.15) is 0 Å². The van der Waals surface area contributed by atoms with Crippen LogP contribution in [0.1, 0.15) is 27.2 Å². The minimum atomic E-state index is -0.975. The molecule has 0 aromatic heterocycles. The molecule has 0 heterocycles. The van der Waals surface area contributed by atoms with Crippen LogP contribution in [0, 0.1) is 0 Å². The van der Waals surface area contributed by atoms with Crippen LogP contribution in [0.4, 0.5) is 0 Å². The summed E-state index contributed by atoms with van der Waals surface area (Å²) >= 11 is 0. The van der Waals surface area contributed by atoms with Crippen LogP contribution < -0.4 is 5.32 Å². The Bertz CT molecular complexity index is 294.